The van der Waals surface area contributed by atoms with Crippen LogP contribution in [0.3, 0.4) is 0 Å². The van der Waals surface area contributed by atoms with Crippen LogP contribution >= 0.6 is 0 Å². The summed E-state index contributed by atoms with van der Waals surface area (Å²) in [6.07, 6.45) is 6.18. The normalized spacial score (nSPS) is 25.9. The van der Waals surface area contributed by atoms with Gasteiger partial charge >= 0.3 is 0 Å². The van der Waals surface area contributed by atoms with Crippen molar-refractivity contribution in [3.63, 3.8) is 0 Å². The van der Waals surface area contributed by atoms with Crippen molar-refractivity contribution in [1.29, 1.82) is 0 Å². The zero-order valence-electron chi connectivity index (χ0n) is 11.3. The van der Waals surface area contributed by atoms with Gasteiger partial charge in [-0.25, -0.2) is 0 Å². The van der Waals surface area contributed by atoms with Gasteiger partial charge in [0.1, 0.15) is 0 Å². The van der Waals surface area contributed by atoms with Gasteiger partial charge in [0, 0.05) is 12.1 Å². The van der Waals surface area contributed by atoms with E-state index in [2.05, 4.69) is 36.5 Å². The maximum atomic E-state index is 9.54. The van der Waals surface area contributed by atoms with Gasteiger partial charge in [-0.3, -0.25) is 0 Å². The Kier molecular flexibility index (Phi) is 5.21. The first kappa shape index (κ1) is 13.6. The molecule has 3 atom stereocenters. The average Bonchev–Trinajstić information content (AvgIpc) is 2.41. The Balaban J connectivity index is 1.88. The van der Waals surface area contributed by atoms with E-state index in [-0.39, 0.29) is 12.6 Å². The summed E-state index contributed by atoms with van der Waals surface area (Å²) in [6.45, 7) is 2.55. The second kappa shape index (κ2) is 6.91. The minimum absolute atomic E-state index is 0.193. The van der Waals surface area contributed by atoms with Gasteiger partial charge in [-0.1, -0.05) is 50.1 Å². The fraction of sp³-hybridized carbons (Fsp3) is 0.625. The quantitative estimate of drug-likeness (QED) is 0.838. The molecule has 0 heterocycles. The Morgan fingerprint density at radius 2 is 1.94 bits per heavy atom. The first-order chi connectivity index (χ1) is 8.79. The van der Waals surface area contributed by atoms with Crippen LogP contribution in [0.1, 0.15) is 38.2 Å². The van der Waals surface area contributed by atoms with Crippen molar-refractivity contribution in [3.8, 4) is 0 Å². The minimum Gasteiger partial charge on any atom is -0.395 e. The van der Waals surface area contributed by atoms with Gasteiger partial charge in [0.25, 0.3) is 0 Å². The summed E-state index contributed by atoms with van der Waals surface area (Å²) >= 11 is 0. The third-order valence-electron chi connectivity index (χ3n) is 4.11. The Bertz CT molecular complexity index is 338. The zero-order chi connectivity index (χ0) is 12.8. The fourth-order valence-corrected chi connectivity index (χ4v) is 2.94. The number of rotatable bonds is 5. The topological polar surface area (TPSA) is 32.3 Å². The van der Waals surface area contributed by atoms with Crippen molar-refractivity contribution in [2.45, 2.75) is 51.1 Å². The highest BCUT2D eigenvalue weighted by Gasteiger charge is 2.23. The Labute approximate surface area is 110 Å². The van der Waals surface area contributed by atoms with Gasteiger partial charge in [-0.05, 0) is 30.7 Å². The molecule has 1 fully saturated rings. The third kappa shape index (κ3) is 3.82. The maximum Gasteiger partial charge on any atom is 0.0587 e. The van der Waals surface area contributed by atoms with Crippen LogP contribution in [0, 0.1) is 5.92 Å². The van der Waals surface area contributed by atoms with Crippen molar-refractivity contribution in [2.24, 2.45) is 5.92 Å². The fourth-order valence-electron chi connectivity index (χ4n) is 2.94. The summed E-state index contributed by atoms with van der Waals surface area (Å²) < 4.78 is 0. The summed E-state index contributed by atoms with van der Waals surface area (Å²) in [4.78, 5) is 0. The summed E-state index contributed by atoms with van der Waals surface area (Å²) in [7, 11) is 0. The molecule has 1 aromatic rings. The molecular weight excluding hydrogens is 222 g/mol. The summed E-state index contributed by atoms with van der Waals surface area (Å²) in [5.74, 6) is 0.739. The summed E-state index contributed by atoms with van der Waals surface area (Å²) in [5, 5.41) is 13.2. The molecule has 1 saturated carbocycles. The minimum atomic E-state index is 0.193. The van der Waals surface area contributed by atoms with Gasteiger partial charge in [0.2, 0.25) is 0 Å². The molecule has 1 aliphatic rings. The van der Waals surface area contributed by atoms with Crippen LogP contribution in [0.4, 0.5) is 0 Å². The highest BCUT2D eigenvalue weighted by atomic mass is 16.3. The average molecular weight is 247 g/mol. The molecule has 0 saturated heterocycles. The van der Waals surface area contributed by atoms with Crippen LogP contribution in [0.5, 0.6) is 0 Å². The number of benzene rings is 1. The molecular formula is C16H25NO. The van der Waals surface area contributed by atoms with Gasteiger partial charge in [0.05, 0.1) is 6.61 Å². The van der Waals surface area contributed by atoms with Crippen LogP contribution in [0.15, 0.2) is 30.3 Å². The van der Waals surface area contributed by atoms with Gasteiger partial charge in [-0.2, -0.15) is 0 Å². The van der Waals surface area contributed by atoms with E-state index in [1.165, 1.54) is 31.2 Å². The van der Waals surface area contributed by atoms with E-state index in [1.807, 2.05) is 6.07 Å². The largest absolute Gasteiger partial charge is 0.395 e. The molecule has 0 bridgehead atoms. The van der Waals surface area contributed by atoms with E-state index in [0.717, 1.165) is 12.3 Å². The monoisotopic (exact) mass is 247 g/mol. The van der Waals surface area contributed by atoms with E-state index >= 15 is 0 Å². The highest BCUT2D eigenvalue weighted by molar-refractivity contribution is 5.16. The van der Waals surface area contributed by atoms with Crippen LogP contribution < -0.4 is 5.32 Å². The van der Waals surface area contributed by atoms with Crippen molar-refractivity contribution in [3.05, 3.63) is 35.9 Å². The first-order valence-electron chi connectivity index (χ1n) is 7.20. The Hall–Kier alpha value is -0.860. The summed E-state index contributed by atoms with van der Waals surface area (Å²) in [5.41, 5.74) is 1.30. The molecule has 0 amide bonds. The lowest BCUT2D eigenvalue weighted by molar-refractivity contribution is 0.195. The lowest BCUT2D eigenvalue weighted by atomic mass is 9.85. The number of aliphatic hydroxyl groups is 1. The predicted molar refractivity (Wildman–Crippen MR) is 75.6 cm³/mol. The lowest BCUT2D eigenvalue weighted by Crippen LogP contribution is -2.46. The van der Waals surface area contributed by atoms with E-state index in [0.29, 0.717) is 6.04 Å². The Morgan fingerprint density at radius 3 is 2.61 bits per heavy atom. The molecule has 0 radical (unpaired) electrons. The van der Waals surface area contributed by atoms with Crippen molar-refractivity contribution in [2.75, 3.05) is 6.61 Å². The lowest BCUT2D eigenvalue weighted by Gasteiger charge is -2.33. The molecule has 0 spiro atoms. The standard InChI is InChI=1S/C16H25NO/c1-13-7-5-6-10-16(13)17-15(12-18)11-14-8-3-2-4-9-14/h2-4,8-9,13,15-18H,5-7,10-12H2,1H3/t13?,15-,16?/m0/s1. The molecule has 2 heteroatoms. The molecule has 1 aliphatic carbocycles. The first-order valence-corrected chi connectivity index (χ1v) is 7.20. The molecule has 2 nitrogen and oxygen atoms in total. The molecule has 0 aromatic heterocycles. The maximum absolute atomic E-state index is 9.54. The highest BCUT2D eigenvalue weighted by Crippen LogP contribution is 2.24. The molecule has 1 aromatic carbocycles. The zero-order valence-corrected chi connectivity index (χ0v) is 11.3. The smallest absolute Gasteiger partial charge is 0.0587 e. The van der Waals surface area contributed by atoms with Crippen molar-refractivity contribution in [1.82, 2.24) is 5.32 Å². The molecule has 2 N–H and O–H groups in total. The second-order valence-corrected chi connectivity index (χ2v) is 5.60. The van der Waals surface area contributed by atoms with Crippen LogP contribution in [-0.4, -0.2) is 23.8 Å². The second-order valence-electron chi connectivity index (χ2n) is 5.60. The van der Waals surface area contributed by atoms with Crippen LogP contribution in [0.25, 0.3) is 0 Å². The van der Waals surface area contributed by atoms with Gasteiger partial charge < -0.3 is 10.4 Å². The van der Waals surface area contributed by atoms with Gasteiger partial charge in [0.15, 0.2) is 0 Å². The third-order valence-corrected chi connectivity index (χ3v) is 4.11. The van der Waals surface area contributed by atoms with E-state index in [4.69, 9.17) is 0 Å². The predicted octanol–water partition coefficient (Wildman–Crippen LogP) is 2.76. The van der Waals surface area contributed by atoms with Crippen LogP contribution in [0.2, 0.25) is 0 Å². The molecule has 2 rings (SSSR count). The van der Waals surface area contributed by atoms with Crippen LogP contribution in [-0.2, 0) is 6.42 Å². The SMILES string of the molecule is CC1CCCCC1N[C@H](CO)Cc1ccccc1. The number of hydrogen-bond donors (Lipinski definition) is 2. The summed E-state index contributed by atoms with van der Waals surface area (Å²) in [6, 6.07) is 11.2. The van der Waals surface area contributed by atoms with E-state index in [1.54, 1.807) is 0 Å². The van der Waals surface area contributed by atoms with Crippen molar-refractivity contribution < 1.29 is 5.11 Å². The molecule has 18 heavy (non-hydrogen) atoms. The van der Waals surface area contributed by atoms with Crippen molar-refractivity contribution >= 4 is 0 Å². The molecule has 100 valence electrons. The number of hydrogen-bond acceptors (Lipinski definition) is 2. The van der Waals surface area contributed by atoms with E-state index in [9.17, 15) is 5.11 Å². The molecule has 0 aliphatic heterocycles. The van der Waals surface area contributed by atoms with Gasteiger partial charge in [-0.15, -0.1) is 0 Å². The van der Waals surface area contributed by atoms with E-state index < -0.39 is 0 Å². The number of nitrogens with one attached hydrogen (secondary N) is 1. The molecule has 2 unspecified atom stereocenters. The Morgan fingerprint density at radius 1 is 1.22 bits per heavy atom. The number of aliphatic hydroxyl groups excluding tert-OH is 1.